The van der Waals surface area contributed by atoms with Crippen molar-refractivity contribution in [3.8, 4) is 0 Å². The van der Waals surface area contributed by atoms with Crippen molar-refractivity contribution in [3.63, 3.8) is 0 Å². The predicted molar refractivity (Wildman–Crippen MR) is 127 cm³/mol. The number of anilines is 1. The van der Waals surface area contributed by atoms with E-state index in [2.05, 4.69) is 26.5 Å². The van der Waals surface area contributed by atoms with E-state index in [9.17, 15) is 4.39 Å². The van der Waals surface area contributed by atoms with Gasteiger partial charge in [-0.05, 0) is 29.7 Å². The van der Waals surface area contributed by atoms with E-state index < -0.39 is 0 Å². The number of hydrogen-bond acceptors (Lipinski definition) is 4. The van der Waals surface area contributed by atoms with E-state index in [1.54, 1.807) is 13.1 Å². The summed E-state index contributed by atoms with van der Waals surface area (Å²) >= 11 is 0. The summed E-state index contributed by atoms with van der Waals surface area (Å²) in [6.07, 6.45) is 5.11. The van der Waals surface area contributed by atoms with Crippen LogP contribution in [0.5, 0.6) is 0 Å². The highest BCUT2D eigenvalue weighted by molar-refractivity contribution is 14.0. The molecule has 164 valence electrons. The number of aliphatic imine (C=N–C) groups is 1. The Kier molecular flexibility index (Phi) is 7.93. The zero-order valence-corrected chi connectivity index (χ0v) is 19.9. The number of likely N-dealkylation sites (tertiary alicyclic amines) is 1. The highest BCUT2D eigenvalue weighted by Crippen LogP contribution is 2.27. The van der Waals surface area contributed by atoms with Gasteiger partial charge in [-0.25, -0.2) is 4.39 Å². The lowest BCUT2D eigenvalue weighted by Gasteiger charge is -2.29. The minimum Gasteiger partial charge on any atom is -0.378 e. The number of hydrogen-bond donors (Lipinski definition) is 1. The van der Waals surface area contributed by atoms with Crippen molar-refractivity contribution < 1.29 is 9.13 Å². The van der Waals surface area contributed by atoms with Crippen LogP contribution < -0.4 is 10.2 Å². The summed E-state index contributed by atoms with van der Waals surface area (Å²) in [6.45, 7) is 5.16. The minimum absolute atomic E-state index is 0. The van der Waals surface area contributed by atoms with Gasteiger partial charge in [-0.15, -0.1) is 24.0 Å². The molecule has 1 N–H and O–H groups in total. The summed E-state index contributed by atoms with van der Waals surface area (Å²) < 4.78 is 21.8. The fourth-order valence-electron chi connectivity index (χ4n) is 4.11. The van der Waals surface area contributed by atoms with Crippen molar-refractivity contribution in [2.24, 2.45) is 12.0 Å². The van der Waals surface area contributed by atoms with E-state index in [-0.39, 0.29) is 29.8 Å². The Morgan fingerprint density at radius 3 is 2.77 bits per heavy atom. The summed E-state index contributed by atoms with van der Waals surface area (Å²) in [4.78, 5) is 8.73. The molecule has 7 nitrogen and oxygen atoms in total. The zero-order valence-electron chi connectivity index (χ0n) is 17.6. The summed E-state index contributed by atoms with van der Waals surface area (Å²) in [5.74, 6) is 1.14. The lowest BCUT2D eigenvalue weighted by molar-refractivity contribution is 0.122. The van der Waals surface area contributed by atoms with Crippen LogP contribution in [0.15, 0.2) is 35.6 Å². The first-order valence-corrected chi connectivity index (χ1v) is 10.2. The van der Waals surface area contributed by atoms with Crippen molar-refractivity contribution in [2.75, 3.05) is 51.3 Å². The second-order valence-corrected chi connectivity index (χ2v) is 7.66. The van der Waals surface area contributed by atoms with Gasteiger partial charge in [0.25, 0.3) is 0 Å². The summed E-state index contributed by atoms with van der Waals surface area (Å²) in [7, 11) is 3.74. The molecule has 9 heteroatoms. The van der Waals surface area contributed by atoms with Crippen molar-refractivity contribution in [3.05, 3.63) is 47.5 Å². The standard InChI is InChI=1S/C21H29FN6O.HI/c1-23-21(28-6-5-17(15-28)18-13-25-26(2)14-18)24-12-16-3-4-20(19(22)11-16)27-7-9-29-10-8-27;/h3-4,11,13-14,17H,5-10,12,15H2,1-2H3,(H,23,24);1H. The molecule has 3 heterocycles. The van der Waals surface area contributed by atoms with E-state index >= 15 is 0 Å². The lowest BCUT2D eigenvalue weighted by Crippen LogP contribution is -2.39. The third-order valence-electron chi connectivity index (χ3n) is 5.71. The SMILES string of the molecule is CN=C(NCc1ccc(N2CCOCC2)c(F)c1)N1CCC(c2cnn(C)c2)C1.I. The van der Waals surface area contributed by atoms with E-state index in [0.29, 0.717) is 31.4 Å². The first-order chi connectivity index (χ1) is 14.1. The average Bonchev–Trinajstić information content (AvgIpc) is 3.38. The Bertz CT molecular complexity index is 867. The molecule has 2 aliphatic rings. The number of rotatable bonds is 4. The molecule has 0 amide bonds. The molecule has 2 saturated heterocycles. The van der Waals surface area contributed by atoms with Crippen LogP contribution in [0.3, 0.4) is 0 Å². The number of benzene rings is 1. The van der Waals surface area contributed by atoms with E-state index in [0.717, 1.165) is 44.1 Å². The van der Waals surface area contributed by atoms with Crippen LogP contribution in [0, 0.1) is 5.82 Å². The van der Waals surface area contributed by atoms with E-state index in [1.165, 1.54) is 5.56 Å². The number of guanidine groups is 1. The van der Waals surface area contributed by atoms with E-state index in [1.807, 2.05) is 35.0 Å². The van der Waals surface area contributed by atoms with Crippen LogP contribution in [0.25, 0.3) is 0 Å². The molecule has 1 atom stereocenters. The van der Waals surface area contributed by atoms with Crippen LogP contribution in [0.1, 0.15) is 23.5 Å². The van der Waals surface area contributed by atoms with Gasteiger partial charge in [0.05, 0.1) is 25.1 Å². The van der Waals surface area contributed by atoms with Gasteiger partial charge >= 0.3 is 0 Å². The molecule has 0 saturated carbocycles. The highest BCUT2D eigenvalue weighted by atomic mass is 127. The maximum Gasteiger partial charge on any atom is 0.193 e. The Labute approximate surface area is 194 Å². The lowest BCUT2D eigenvalue weighted by atomic mass is 10.0. The molecular formula is C21H30FIN6O. The van der Waals surface area contributed by atoms with Gasteiger partial charge < -0.3 is 19.9 Å². The van der Waals surface area contributed by atoms with Gasteiger partial charge in [0.15, 0.2) is 5.96 Å². The Hall–Kier alpha value is -1.88. The average molecular weight is 528 g/mol. The van der Waals surface area contributed by atoms with E-state index in [4.69, 9.17) is 4.74 Å². The van der Waals surface area contributed by atoms with Gasteiger partial charge in [0, 0.05) is 58.9 Å². The Balaban J connectivity index is 0.00000256. The highest BCUT2D eigenvalue weighted by Gasteiger charge is 2.27. The molecule has 2 fully saturated rings. The number of halogens is 2. The van der Waals surface area contributed by atoms with Gasteiger partial charge in [-0.2, -0.15) is 5.10 Å². The van der Waals surface area contributed by atoms with Gasteiger partial charge in [0.2, 0.25) is 0 Å². The number of nitrogens with one attached hydrogen (secondary N) is 1. The maximum atomic E-state index is 14.6. The third-order valence-corrected chi connectivity index (χ3v) is 5.71. The van der Waals surface area contributed by atoms with Crippen LogP contribution in [0.4, 0.5) is 10.1 Å². The first kappa shape index (κ1) is 22.8. The Morgan fingerprint density at radius 2 is 2.10 bits per heavy atom. The molecule has 2 aliphatic heterocycles. The van der Waals surface area contributed by atoms with Crippen molar-refractivity contribution in [1.82, 2.24) is 20.0 Å². The Morgan fingerprint density at radius 1 is 1.30 bits per heavy atom. The summed E-state index contributed by atoms with van der Waals surface area (Å²) in [6, 6.07) is 5.47. The second-order valence-electron chi connectivity index (χ2n) is 7.66. The zero-order chi connectivity index (χ0) is 20.2. The van der Waals surface area contributed by atoms with Crippen molar-refractivity contribution in [1.29, 1.82) is 0 Å². The number of ether oxygens (including phenoxy) is 1. The van der Waals surface area contributed by atoms with Crippen LogP contribution >= 0.6 is 24.0 Å². The van der Waals surface area contributed by atoms with Crippen molar-refractivity contribution in [2.45, 2.75) is 18.9 Å². The molecule has 0 bridgehead atoms. The summed E-state index contributed by atoms with van der Waals surface area (Å²) in [5, 5.41) is 7.67. The monoisotopic (exact) mass is 528 g/mol. The molecule has 1 aromatic carbocycles. The third kappa shape index (κ3) is 5.23. The molecule has 2 aromatic rings. The fourth-order valence-corrected chi connectivity index (χ4v) is 4.11. The maximum absolute atomic E-state index is 14.6. The fraction of sp³-hybridized carbons (Fsp3) is 0.524. The van der Waals surface area contributed by atoms with Crippen LogP contribution in [-0.2, 0) is 18.3 Å². The molecule has 1 unspecified atom stereocenters. The smallest absolute Gasteiger partial charge is 0.193 e. The number of aromatic nitrogens is 2. The number of aryl methyl sites for hydroxylation is 1. The first-order valence-electron chi connectivity index (χ1n) is 10.2. The molecule has 4 rings (SSSR count). The molecule has 1 aromatic heterocycles. The van der Waals surface area contributed by atoms with Crippen LogP contribution in [-0.4, -0.2) is 67.1 Å². The molecule has 30 heavy (non-hydrogen) atoms. The second kappa shape index (κ2) is 10.4. The number of morpholine rings is 1. The number of nitrogens with zero attached hydrogens (tertiary/aromatic N) is 5. The van der Waals surface area contributed by atoms with Gasteiger partial charge in [-0.1, -0.05) is 6.07 Å². The van der Waals surface area contributed by atoms with Gasteiger partial charge in [-0.3, -0.25) is 9.67 Å². The molecular weight excluding hydrogens is 498 g/mol. The largest absolute Gasteiger partial charge is 0.378 e. The molecule has 0 radical (unpaired) electrons. The van der Waals surface area contributed by atoms with Gasteiger partial charge in [0.1, 0.15) is 5.82 Å². The van der Waals surface area contributed by atoms with Crippen LogP contribution in [0.2, 0.25) is 0 Å². The van der Waals surface area contributed by atoms with Crippen molar-refractivity contribution >= 4 is 35.6 Å². The molecule has 0 spiro atoms. The topological polar surface area (TPSA) is 57.9 Å². The molecule has 0 aliphatic carbocycles. The quantitative estimate of drug-likeness (QED) is 0.376. The summed E-state index contributed by atoms with van der Waals surface area (Å²) in [5.41, 5.74) is 2.83. The normalized spacial score (nSPS) is 19.7. The predicted octanol–water partition coefficient (Wildman–Crippen LogP) is 2.58. The minimum atomic E-state index is -0.181.